The van der Waals surface area contributed by atoms with Crippen LogP contribution in [0.15, 0.2) is 0 Å². The first-order chi connectivity index (χ1) is 8.34. The molecule has 0 aromatic rings. The summed E-state index contributed by atoms with van der Waals surface area (Å²) < 4.78 is 0. The molecule has 18 heavy (non-hydrogen) atoms. The van der Waals surface area contributed by atoms with Gasteiger partial charge in [-0.1, -0.05) is 55.4 Å². The minimum absolute atomic E-state index is 0.248. The minimum Gasteiger partial charge on any atom is -0.101 e. The Morgan fingerprint density at radius 2 is 0.889 bits per heavy atom. The number of hydrogen-bond acceptors (Lipinski definition) is 0. The average Bonchev–Trinajstić information content (AvgIpc) is 2.31. The van der Waals surface area contributed by atoms with Gasteiger partial charge in [-0.15, -0.1) is 15.8 Å². The standard InChI is InChI=1S/C16H36P2/c1-9-15(7)17(13(3)4)11-12-18(14(5)6)16(8)10-2/h13-16H,9-12H2,1-8H3. The number of hydrogen-bond donors (Lipinski definition) is 0. The van der Waals surface area contributed by atoms with Crippen molar-refractivity contribution in [2.45, 2.75) is 90.9 Å². The molecule has 0 rings (SSSR count). The molecule has 0 aliphatic carbocycles. The van der Waals surface area contributed by atoms with Crippen LogP contribution >= 0.6 is 15.8 Å². The molecule has 0 spiro atoms. The first kappa shape index (κ1) is 18.9. The molecule has 0 aliphatic rings. The molecule has 0 radical (unpaired) electrons. The third-order valence-corrected chi connectivity index (χ3v) is 11.7. The quantitative estimate of drug-likeness (QED) is 0.433. The van der Waals surface area contributed by atoms with Crippen LogP contribution in [-0.4, -0.2) is 35.0 Å². The van der Waals surface area contributed by atoms with Gasteiger partial charge in [0.1, 0.15) is 0 Å². The van der Waals surface area contributed by atoms with Gasteiger partial charge in [-0.2, -0.15) is 0 Å². The summed E-state index contributed by atoms with van der Waals surface area (Å²) in [5.41, 5.74) is 3.74. The highest BCUT2D eigenvalue weighted by atomic mass is 31.1. The largest absolute Gasteiger partial charge is 0.101 e. The summed E-state index contributed by atoms with van der Waals surface area (Å²) in [5, 5.41) is 0. The van der Waals surface area contributed by atoms with E-state index in [1.807, 2.05) is 0 Å². The summed E-state index contributed by atoms with van der Waals surface area (Å²) in [6, 6.07) is 0. The van der Waals surface area contributed by atoms with Crippen molar-refractivity contribution < 1.29 is 0 Å². The Kier molecular flexibility index (Phi) is 10.2. The minimum atomic E-state index is 0.248. The van der Waals surface area contributed by atoms with Crippen molar-refractivity contribution in [3.63, 3.8) is 0 Å². The van der Waals surface area contributed by atoms with Gasteiger partial charge in [0.2, 0.25) is 0 Å². The van der Waals surface area contributed by atoms with Crippen LogP contribution in [0.2, 0.25) is 0 Å². The van der Waals surface area contributed by atoms with Crippen LogP contribution in [-0.2, 0) is 0 Å². The van der Waals surface area contributed by atoms with Gasteiger partial charge in [-0.05, 0) is 47.8 Å². The van der Waals surface area contributed by atoms with Crippen molar-refractivity contribution >= 4 is 15.8 Å². The van der Waals surface area contributed by atoms with E-state index in [4.69, 9.17) is 0 Å². The van der Waals surface area contributed by atoms with Crippen LogP contribution in [0.25, 0.3) is 0 Å². The van der Waals surface area contributed by atoms with Gasteiger partial charge >= 0.3 is 0 Å². The molecule has 0 bridgehead atoms. The van der Waals surface area contributed by atoms with Crippen molar-refractivity contribution in [3.8, 4) is 0 Å². The lowest BCUT2D eigenvalue weighted by molar-refractivity contribution is 0.862. The highest BCUT2D eigenvalue weighted by molar-refractivity contribution is 7.63. The van der Waals surface area contributed by atoms with Crippen molar-refractivity contribution in [3.05, 3.63) is 0 Å². The van der Waals surface area contributed by atoms with E-state index in [-0.39, 0.29) is 15.8 Å². The molecule has 0 saturated carbocycles. The molecule has 0 N–H and O–H groups in total. The maximum absolute atomic E-state index is 2.48. The van der Waals surface area contributed by atoms with Crippen LogP contribution in [0, 0.1) is 0 Å². The molecule has 0 aliphatic heterocycles. The molecule has 0 aromatic heterocycles. The van der Waals surface area contributed by atoms with Gasteiger partial charge < -0.3 is 0 Å². The normalized spacial score (nSPS) is 19.0. The molecule has 2 heteroatoms. The Morgan fingerprint density at radius 3 is 1.06 bits per heavy atom. The fraction of sp³-hybridized carbons (Fsp3) is 1.00. The lowest BCUT2D eigenvalue weighted by Crippen LogP contribution is -2.15. The Bertz CT molecular complexity index is 179. The molecule has 0 fully saturated rings. The summed E-state index contributed by atoms with van der Waals surface area (Å²) in [5.74, 6) is 0. The highest BCUT2D eigenvalue weighted by Gasteiger charge is 2.23. The van der Waals surface area contributed by atoms with Crippen molar-refractivity contribution in [1.82, 2.24) is 0 Å². The second-order valence-electron chi connectivity index (χ2n) is 6.18. The average molecular weight is 290 g/mol. The van der Waals surface area contributed by atoms with Crippen LogP contribution in [0.5, 0.6) is 0 Å². The van der Waals surface area contributed by atoms with Gasteiger partial charge in [-0.25, -0.2) is 0 Å². The third kappa shape index (κ3) is 6.34. The van der Waals surface area contributed by atoms with Gasteiger partial charge in [0.15, 0.2) is 0 Å². The zero-order valence-electron chi connectivity index (χ0n) is 14.0. The summed E-state index contributed by atoms with van der Waals surface area (Å²) in [4.78, 5) is 0. The molecule has 0 nitrogen and oxygen atoms in total. The SMILES string of the molecule is CCC(C)P(CCP(C(C)C)C(C)CC)C(C)C. The predicted molar refractivity (Wildman–Crippen MR) is 93.4 cm³/mol. The molecule has 0 saturated heterocycles. The molecule has 110 valence electrons. The third-order valence-electron chi connectivity index (χ3n) is 4.26. The molecule has 0 heterocycles. The highest BCUT2D eigenvalue weighted by Crippen LogP contribution is 2.53. The Labute approximate surface area is 119 Å². The fourth-order valence-corrected chi connectivity index (χ4v) is 9.41. The van der Waals surface area contributed by atoms with Crippen molar-refractivity contribution in [2.75, 3.05) is 12.3 Å². The smallest absolute Gasteiger partial charge is 0.0238 e. The van der Waals surface area contributed by atoms with E-state index in [0.717, 1.165) is 22.6 Å². The summed E-state index contributed by atoms with van der Waals surface area (Å²) in [6.07, 6.45) is 5.78. The molecule has 4 atom stereocenters. The Balaban J connectivity index is 4.46. The monoisotopic (exact) mass is 290 g/mol. The summed E-state index contributed by atoms with van der Waals surface area (Å²) >= 11 is 0. The summed E-state index contributed by atoms with van der Waals surface area (Å²) in [7, 11) is 0.496. The van der Waals surface area contributed by atoms with Crippen LogP contribution in [0.4, 0.5) is 0 Å². The van der Waals surface area contributed by atoms with E-state index in [1.165, 1.54) is 25.2 Å². The van der Waals surface area contributed by atoms with Crippen LogP contribution in [0.1, 0.15) is 68.2 Å². The van der Waals surface area contributed by atoms with Gasteiger partial charge in [0, 0.05) is 0 Å². The van der Waals surface area contributed by atoms with Crippen molar-refractivity contribution in [1.29, 1.82) is 0 Å². The predicted octanol–water partition coefficient (Wildman–Crippen LogP) is 6.36. The van der Waals surface area contributed by atoms with E-state index in [1.54, 1.807) is 0 Å². The summed E-state index contributed by atoms with van der Waals surface area (Å²) in [6.45, 7) is 19.5. The van der Waals surface area contributed by atoms with E-state index < -0.39 is 0 Å². The zero-order chi connectivity index (χ0) is 14.3. The van der Waals surface area contributed by atoms with Crippen LogP contribution in [0.3, 0.4) is 0 Å². The van der Waals surface area contributed by atoms with Gasteiger partial charge in [0.25, 0.3) is 0 Å². The molecule has 0 aromatic carbocycles. The first-order valence-electron chi connectivity index (χ1n) is 7.86. The maximum Gasteiger partial charge on any atom is -0.0238 e. The first-order valence-corrected chi connectivity index (χ1v) is 11.2. The van der Waals surface area contributed by atoms with E-state index in [2.05, 4.69) is 55.4 Å². The Hall–Kier alpha value is 0.860. The number of rotatable bonds is 9. The van der Waals surface area contributed by atoms with Gasteiger partial charge in [-0.3, -0.25) is 0 Å². The molecule has 0 amide bonds. The van der Waals surface area contributed by atoms with E-state index in [0.29, 0.717) is 0 Å². The molecular formula is C16H36P2. The van der Waals surface area contributed by atoms with E-state index >= 15 is 0 Å². The topological polar surface area (TPSA) is 0 Å². The fourth-order valence-electron chi connectivity index (χ4n) is 2.68. The van der Waals surface area contributed by atoms with Crippen LogP contribution < -0.4 is 0 Å². The second kappa shape index (κ2) is 9.72. The maximum atomic E-state index is 2.48. The van der Waals surface area contributed by atoms with Gasteiger partial charge in [0.05, 0.1) is 0 Å². The van der Waals surface area contributed by atoms with E-state index in [9.17, 15) is 0 Å². The lowest BCUT2D eigenvalue weighted by Gasteiger charge is -2.33. The lowest BCUT2D eigenvalue weighted by atomic mass is 10.4. The molecule has 4 unspecified atom stereocenters. The van der Waals surface area contributed by atoms with Crippen molar-refractivity contribution in [2.24, 2.45) is 0 Å². The Morgan fingerprint density at radius 1 is 0.611 bits per heavy atom. The second-order valence-corrected chi connectivity index (χ2v) is 13.0. The zero-order valence-corrected chi connectivity index (χ0v) is 15.8. The molecular weight excluding hydrogens is 254 g/mol.